The third-order valence-corrected chi connectivity index (χ3v) is 4.80. The third kappa shape index (κ3) is 4.47. The van der Waals surface area contributed by atoms with Crippen molar-refractivity contribution in [2.24, 2.45) is 11.3 Å². The van der Waals surface area contributed by atoms with Crippen molar-refractivity contribution in [3.63, 3.8) is 0 Å². The molecule has 1 aliphatic heterocycles. The number of amides is 1. The van der Waals surface area contributed by atoms with E-state index in [4.69, 9.17) is 4.74 Å². The van der Waals surface area contributed by atoms with Crippen molar-refractivity contribution in [1.82, 2.24) is 10.2 Å². The van der Waals surface area contributed by atoms with Gasteiger partial charge in [0.2, 0.25) is 5.91 Å². The van der Waals surface area contributed by atoms with E-state index in [0.29, 0.717) is 12.3 Å². The molecule has 0 unspecified atom stereocenters. The molecule has 1 saturated heterocycles. The Morgan fingerprint density at radius 1 is 1.30 bits per heavy atom. The van der Waals surface area contributed by atoms with E-state index in [1.165, 1.54) is 0 Å². The van der Waals surface area contributed by atoms with Gasteiger partial charge in [0.25, 0.3) is 0 Å². The molecule has 23 heavy (non-hydrogen) atoms. The Labute approximate surface area is 140 Å². The molecule has 1 aliphatic rings. The number of para-hydroxylation sites is 1. The fourth-order valence-electron chi connectivity index (χ4n) is 3.46. The van der Waals surface area contributed by atoms with Gasteiger partial charge in [-0.25, -0.2) is 0 Å². The monoisotopic (exact) mass is 318 g/mol. The predicted molar refractivity (Wildman–Crippen MR) is 93.7 cm³/mol. The zero-order valence-corrected chi connectivity index (χ0v) is 14.9. The van der Waals surface area contributed by atoms with Crippen LogP contribution in [0.4, 0.5) is 0 Å². The van der Waals surface area contributed by atoms with Crippen molar-refractivity contribution in [3.8, 4) is 5.75 Å². The molecule has 1 heterocycles. The van der Waals surface area contributed by atoms with Crippen molar-refractivity contribution in [1.29, 1.82) is 0 Å². The first-order valence-corrected chi connectivity index (χ1v) is 8.54. The van der Waals surface area contributed by atoms with Crippen LogP contribution in [-0.4, -0.2) is 44.6 Å². The quantitative estimate of drug-likeness (QED) is 0.877. The van der Waals surface area contributed by atoms with Crippen LogP contribution < -0.4 is 10.1 Å². The number of benzene rings is 1. The number of hydrogen-bond donors (Lipinski definition) is 1. The molecule has 0 saturated carbocycles. The van der Waals surface area contributed by atoms with E-state index in [1.807, 2.05) is 50.1 Å². The zero-order chi connectivity index (χ0) is 16.9. The van der Waals surface area contributed by atoms with Crippen molar-refractivity contribution in [2.45, 2.75) is 33.1 Å². The molecule has 0 aromatic heterocycles. The molecule has 4 nitrogen and oxygen atoms in total. The lowest BCUT2D eigenvalue weighted by atomic mass is 9.83. The van der Waals surface area contributed by atoms with Gasteiger partial charge in [-0.3, -0.25) is 4.79 Å². The molecule has 128 valence electrons. The van der Waals surface area contributed by atoms with Crippen molar-refractivity contribution in [3.05, 3.63) is 29.8 Å². The summed E-state index contributed by atoms with van der Waals surface area (Å²) in [5.74, 6) is 1.81. The van der Waals surface area contributed by atoms with Crippen molar-refractivity contribution < 1.29 is 9.53 Å². The second kappa shape index (κ2) is 7.82. The van der Waals surface area contributed by atoms with Crippen LogP contribution in [-0.2, 0) is 11.2 Å². The van der Waals surface area contributed by atoms with Gasteiger partial charge < -0.3 is 15.0 Å². The van der Waals surface area contributed by atoms with E-state index in [1.54, 1.807) is 7.11 Å². The first kappa shape index (κ1) is 17.8. The molecule has 4 heteroatoms. The molecule has 1 fully saturated rings. The first-order valence-electron chi connectivity index (χ1n) is 8.54. The smallest absolute Gasteiger partial charge is 0.228 e. The van der Waals surface area contributed by atoms with E-state index in [0.717, 1.165) is 43.8 Å². The van der Waals surface area contributed by atoms with E-state index in [-0.39, 0.29) is 5.91 Å². The van der Waals surface area contributed by atoms with Gasteiger partial charge in [-0.05, 0) is 50.4 Å². The van der Waals surface area contributed by atoms with Crippen LogP contribution in [0.3, 0.4) is 0 Å². The molecule has 0 atom stereocenters. The summed E-state index contributed by atoms with van der Waals surface area (Å²) >= 11 is 0. The van der Waals surface area contributed by atoms with Gasteiger partial charge in [-0.15, -0.1) is 0 Å². The maximum absolute atomic E-state index is 13.0. The number of carbonyl (C=O) groups excluding carboxylic acids is 1. The average molecular weight is 318 g/mol. The summed E-state index contributed by atoms with van der Waals surface area (Å²) in [6, 6.07) is 7.97. The lowest BCUT2D eigenvalue weighted by Gasteiger charge is -2.37. The largest absolute Gasteiger partial charge is 0.496 e. The number of nitrogens with zero attached hydrogens (tertiary/aromatic N) is 1. The molecule has 0 spiro atoms. The lowest BCUT2D eigenvalue weighted by molar-refractivity contribution is -0.141. The van der Waals surface area contributed by atoms with Crippen molar-refractivity contribution in [2.75, 3.05) is 33.8 Å². The van der Waals surface area contributed by atoms with Crippen LogP contribution in [0.15, 0.2) is 24.3 Å². The molecule has 1 amide bonds. The van der Waals surface area contributed by atoms with E-state index >= 15 is 0 Å². The maximum atomic E-state index is 13.0. The van der Waals surface area contributed by atoms with Crippen LogP contribution in [0, 0.1) is 11.3 Å². The van der Waals surface area contributed by atoms with Crippen LogP contribution in [0.2, 0.25) is 0 Å². The van der Waals surface area contributed by atoms with E-state index in [2.05, 4.69) is 5.32 Å². The average Bonchev–Trinajstić information content (AvgIpc) is 2.55. The molecule has 0 radical (unpaired) electrons. The van der Waals surface area contributed by atoms with Gasteiger partial charge >= 0.3 is 0 Å². The Balaban J connectivity index is 2.00. The van der Waals surface area contributed by atoms with Crippen LogP contribution >= 0.6 is 0 Å². The number of ether oxygens (including phenoxy) is 1. The van der Waals surface area contributed by atoms with E-state index in [9.17, 15) is 4.79 Å². The summed E-state index contributed by atoms with van der Waals surface area (Å²) in [4.78, 5) is 15.0. The van der Waals surface area contributed by atoms with Gasteiger partial charge in [0.1, 0.15) is 5.75 Å². The highest BCUT2D eigenvalue weighted by Gasteiger charge is 2.34. The van der Waals surface area contributed by atoms with Gasteiger partial charge in [0, 0.05) is 18.5 Å². The molecule has 1 aromatic rings. The van der Waals surface area contributed by atoms with Crippen molar-refractivity contribution >= 4 is 5.91 Å². The summed E-state index contributed by atoms with van der Waals surface area (Å²) in [5.41, 5.74) is 0.684. The highest BCUT2D eigenvalue weighted by molar-refractivity contribution is 5.82. The Morgan fingerprint density at radius 3 is 2.57 bits per heavy atom. The zero-order valence-electron chi connectivity index (χ0n) is 14.9. The van der Waals surface area contributed by atoms with E-state index < -0.39 is 5.41 Å². The molecule has 0 bridgehead atoms. The highest BCUT2D eigenvalue weighted by atomic mass is 16.5. The summed E-state index contributed by atoms with van der Waals surface area (Å²) in [7, 11) is 3.67. The second-order valence-electron chi connectivity index (χ2n) is 7.17. The molecule has 0 aliphatic carbocycles. The Morgan fingerprint density at radius 2 is 1.96 bits per heavy atom. The molecule has 1 N–H and O–H groups in total. The number of hydrogen-bond acceptors (Lipinski definition) is 3. The van der Waals surface area contributed by atoms with Gasteiger partial charge in [0.05, 0.1) is 7.11 Å². The number of carbonyl (C=O) groups is 1. The molecular formula is C19H30N2O2. The number of rotatable bonds is 6. The third-order valence-electron chi connectivity index (χ3n) is 4.80. The van der Waals surface area contributed by atoms with Crippen LogP contribution in [0.5, 0.6) is 5.75 Å². The summed E-state index contributed by atoms with van der Waals surface area (Å²) < 4.78 is 5.43. The minimum atomic E-state index is -0.412. The lowest BCUT2D eigenvalue weighted by Crippen LogP contribution is -2.46. The van der Waals surface area contributed by atoms with Crippen LogP contribution in [0.25, 0.3) is 0 Å². The Kier molecular flexibility index (Phi) is 6.05. The normalized spacial score (nSPS) is 16.4. The second-order valence-corrected chi connectivity index (χ2v) is 7.17. The predicted octanol–water partition coefficient (Wildman–Crippen LogP) is 2.72. The summed E-state index contributed by atoms with van der Waals surface area (Å²) in [6.45, 7) is 6.89. The summed E-state index contributed by atoms with van der Waals surface area (Å²) in [5, 5.41) is 3.24. The minimum Gasteiger partial charge on any atom is -0.496 e. The molecule has 1 aromatic carbocycles. The van der Waals surface area contributed by atoms with Gasteiger partial charge in [-0.1, -0.05) is 32.0 Å². The fraction of sp³-hybridized carbons (Fsp3) is 0.632. The Hall–Kier alpha value is -1.55. The first-order chi connectivity index (χ1) is 11.0. The number of piperidine rings is 1. The number of likely N-dealkylation sites (tertiary alicyclic amines) is 1. The SMILES string of the molecule is CNCC1CCN(C(=O)C(C)(C)Cc2ccccc2OC)CC1. The standard InChI is InChI=1S/C19H30N2O2/c1-19(2,13-16-7-5-6-8-17(16)23-4)18(22)21-11-9-15(10-12-21)14-20-3/h5-8,15,20H,9-14H2,1-4H3. The number of nitrogens with one attached hydrogen (secondary N) is 1. The Bertz CT molecular complexity index is 520. The fourth-order valence-corrected chi connectivity index (χ4v) is 3.46. The number of methoxy groups -OCH3 is 1. The molecular weight excluding hydrogens is 288 g/mol. The van der Waals surface area contributed by atoms with Gasteiger partial charge in [-0.2, -0.15) is 0 Å². The highest BCUT2D eigenvalue weighted by Crippen LogP contribution is 2.31. The molecule has 2 rings (SSSR count). The topological polar surface area (TPSA) is 41.6 Å². The van der Waals surface area contributed by atoms with Gasteiger partial charge in [0.15, 0.2) is 0 Å². The van der Waals surface area contributed by atoms with Crippen LogP contribution in [0.1, 0.15) is 32.3 Å². The minimum absolute atomic E-state index is 0.256. The summed E-state index contributed by atoms with van der Waals surface area (Å²) in [6.07, 6.45) is 2.89. The maximum Gasteiger partial charge on any atom is 0.228 e.